The molecule has 0 fully saturated rings. The number of hydrogen-bond acceptors (Lipinski definition) is 4. The Morgan fingerprint density at radius 1 is 1.50 bits per heavy atom. The van der Waals surface area contributed by atoms with Crippen molar-refractivity contribution < 1.29 is 9.47 Å². The van der Waals surface area contributed by atoms with Gasteiger partial charge in [0.15, 0.2) is 0 Å². The summed E-state index contributed by atoms with van der Waals surface area (Å²) < 4.78 is 10.1. The predicted octanol–water partition coefficient (Wildman–Crippen LogP) is 1.07. The summed E-state index contributed by atoms with van der Waals surface area (Å²) in [5.41, 5.74) is 7.13. The van der Waals surface area contributed by atoms with Crippen molar-refractivity contribution >= 4 is 5.57 Å². The molecule has 2 N–H and O–H groups in total. The van der Waals surface area contributed by atoms with Crippen molar-refractivity contribution in [1.82, 2.24) is 4.98 Å². The summed E-state index contributed by atoms with van der Waals surface area (Å²) >= 11 is 0. The lowest BCUT2D eigenvalue weighted by atomic mass is 10.1. The summed E-state index contributed by atoms with van der Waals surface area (Å²) in [6, 6.07) is 1.76. The zero-order valence-corrected chi connectivity index (χ0v) is 8.41. The fourth-order valence-electron chi connectivity index (χ4n) is 1.08. The van der Waals surface area contributed by atoms with Crippen molar-refractivity contribution in [3.8, 4) is 11.6 Å². The third kappa shape index (κ3) is 2.03. The largest absolute Gasteiger partial charge is 0.494 e. The maximum atomic E-state index is 5.50. The van der Waals surface area contributed by atoms with Crippen LogP contribution in [0.25, 0.3) is 5.57 Å². The molecule has 4 heteroatoms. The lowest BCUT2D eigenvalue weighted by Gasteiger charge is -2.10. The topological polar surface area (TPSA) is 57.4 Å². The summed E-state index contributed by atoms with van der Waals surface area (Å²) in [6.45, 7) is 4.22. The van der Waals surface area contributed by atoms with Gasteiger partial charge in [0.1, 0.15) is 5.75 Å². The Bertz CT molecular complexity index is 337. The minimum atomic E-state index is 0.378. The van der Waals surface area contributed by atoms with Gasteiger partial charge in [-0.3, -0.25) is 0 Å². The highest BCUT2D eigenvalue weighted by Crippen LogP contribution is 2.26. The molecule has 0 radical (unpaired) electrons. The normalized spacial score (nSPS) is 9.64. The van der Waals surface area contributed by atoms with Gasteiger partial charge < -0.3 is 15.2 Å². The number of nitrogens with zero attached hydrogens (tertiary/aromatic N) is 1. The van der Waals surface area contributed by atoms with Gasteiger partial charge in [0.2, 0.25) is 5.88 Å². The Hall–Kier alpha value is -1.55. The van der Waals surface area contributed by atoms with Crippen LogP contribution in [0.4, 0.5) is 0 Å². The van der Waals surface area contributed by atoms with Crippen LogP contribution in [0.15, 0.2) is 18.8 Å². The highest BCUT2D eigenvalue weighted by molar-refractivity contribution is 5.70. The first kappa shape index (κ1) is 10.5. The number of methoxy groups -OCH3 is 2. The summed E-state index contributed by atoms with van der Waals surface area (Å²) in [5, 5.41) is 0. The second kappa shape index (κ2) is 4.62. The molecular formula is C10H14N2O2. The van der Waals surface area contributed by atoms with Crippen molar-refractivity contribution in [2.75, 3.05) is 20.8 Å². The number of pyridine rings is 1. The minimum absolute atomic E-state index is 0.378. The van der Waals surface area contributed by atoms with Crippen molar-refractivity contribution in [2.45, 2.75) is 0 Å². The molecule has 0 aromatic carbocycles. The number of hydrogen-bond donors (Lipinski definition) is 1. The second-order valence-electron chi connectivity index (χ2n) is 2.73. The van der Waals surface area contributed by atoms with E-state index >= 15 is 0 Å². The fourth-order valence-corrected chi connectivity index (χ4v) is 1.08. The molecule has 0 atom stereocenters. The quantitative estimate of drug-likeness (QED) is 0.779. The lowest BCUT2D eigenvalue weighted by molar-refractivity contribution is 0.386. The van der Waals surface area contributed by atoms with E-state index in [1.807, 2.05) is 0 Å². The van der Waals surface area contributed by atoms with E-state index in [2.05, 4.69) is 11.6 Å². The van der Waals surface area contributed by atoms with Gasteiger partial charge in [0.25, 0.3) is 0 Å². The van der Waals surface area contributed by atoms with Crippen LogP contribution in [0.2, 0.25) is 0 Å². The van der Waals surface area contributed by atoms with Crippen molar-refractivity contribution in [3.05, 3.63) is 24.4 Å². The maximum Gasteiger partial charge on any atom is 0.213 e. The summed E-state index contributed by atoms with van der Waals surface area (Å²) in [4.78, 5) is 4.02. The van der Waals surface area contributed by atoms with E-state index in [1.54, 1.807) is 26.5 Å². The molecule has 1 aromatic rings. The van der Waals surface area contributed by atoms with Gasteiger partial charge in [-0.2, -0.15) is 0 Å². The van der Waals surface area contributed by atoms with Crippen LogP contribution < -0.4 is 15.2 Å². The van der Waals surface area contributed by atoms with Gasteiger partial charge in [0, 0.05) is 18.2 Å². The van der Waals surface area contributed by atoms with Crippen LogP contribution in [0, 0.1) is 0 Å². The van der Waals surface area contributed by atoms with Crippen LogP contribution in [0.5, 0.6) is 11.6 Å². The third-order valence-electron chi connectivity index (χ3n) is 1.90. The minimum Gasteiger partial charge on any atom is -0.494 e. The number of ether oxygens (including phenoxy) is 2. The van der Waals surface area contributed by atoms with E-state index in [0.29, 0.717) is 18.2 Å². The van der Waals surface area contributed by atoms with Crippen molar-refractivity contribution in [1.29, 1.82) is 0 Å². The molecule has 1 heterocycles. The molecule has 1 aromatic heterocycles. The van der Waals surface area contributed by atoms with E-state index in [4.69, 9.17) is 15.2 Å². The summed E-state index contributed by atoms with van der Waals surface area (Å²) in [7, 11) is 3.14. The Morgan fingerprint density at radius 3 is 2.71 bits per heavy atom. The van der Waals surface area contributed by atoms with E-state index in [0.717, 1.165) is 11.1 Å². The van der Waals surface area contributed by atoms with Gasteiger partial charge in [0.05, 0.1) is 20.4 Å². The zero-order valence-electron chi connectivity index (χ0n) is 8.41. The molecule has 0 amide bonds. The molecule has 0 spiro atoms. The second-order valence-corrected chi connectivity index (χ2v) is 2.73. The predicted molar refractivity (Wildman–Crippen MR) is 55.4 cm³/mol. The molecule has 0 saturated heterocycles. The molecule has 4 nitrogen and oxygen atoms in total. The van der Waals surface area contributed by atoms with Gasteiger partial charge in [-0.25, -0.2) is 4.98 Å². The molecule has 0 saturated carbocycles. The van der Waals surface area contributed by atoms with E-state index in [-0.39, 0.29) is 0 Å². The standard InChI is InChI=1S/C10H14N2O2/c1-7(5-11)8-4-10(14-3)12-6-9(8)13-2/h4,6H,1,5,11H2,2-3H3. The number of aromatic nitrogens is 1. The Kier molecular flexibility index (Phi) is 3.48. The van der Waals surface area contributed by atoms with Gasteiger partial charge in [-0.15, -0.1) is 0 Å². The van der Waals surface area contributed by atoms with Gasteiger partial charge in [-0.05, 0) is 5.57 Å². The first-order valence-electron chi connectivity index (χ1n) is 4.19. The molecule has 1 rings (SSSR count). The fraction of sp³-hybridized carbons (Fsp3) is 0.300. The lowest BCUT2D eigenvalue weighted by Crippen LogP contribution is -2.03. The molecule has 14 heavy (non-hydrogen) atoms. The van der Waals surface area contributed by atoms with Crippen LogP contribution in [-0.4, -0.2) is 25.7 Å². The van der Waals surface area contributed by atoms with E-state index in [9.17, 15) is 0 Å². The first-order chi connectivity index (χ1) is 6.72. The Balaban J connectivity index is 3.14. The number of nitrogens with two attached hydrogens (primary N) is 1. The Labute approximate surface area is 83.4 Å². The average Bonchev–Trinajstić information content (AvgIpc) is 2.27. The van der Waals surface area contributed by atoms with Gasteiger partial charge >= 0.3 is 0 Å². The zero-order chi connectivity index (χ0) is 10.6. The highest BCUT2D eigenvalue weighted by atomic mass is 16.5. The first-order valence-corrected chi connectivity index (χ1v) is 4.19. The van der Waals surface area contributed by atoms with E-state index in [1.165, 1.54) is 0 Å². The average molecular weight is 194 g/mol. The molecule has 0 aliphatic heterocycles. The SMILES string of the molecule is C=C(CN)c1cc(OC)ncc1OC. The van der Waals surface area contributed by atoms with Crippen LogP contribution >= 0.6 is 0 Å². The molecule has 0 bridgehead atoms. The van der Waals surface area contributed by atoms with Crippen molar-refractivity contribution in [2.24, 2.45) is 5.73 Å². The molecule has 0 unspecified atom stereocenters. The smallest absolute Gasteiger partial charge is 0.213 e. The molecule has 76 valence electrons. The number of rotatable bonds is 4. The van der Waals surface area contributed by atoms with Gasteiger partial charge in [-0.1, -0.05) is 6.58 Å². The molecular weight excluding hydrogens is 180 g/mol. The maximum absolute atomic E-state index is 5.50. The highest BCUT2D eigenvalue weighted by Gasteiger charge is 2.07. The van der Waals surface area contributed by atoms with Crippen LogP contribution in [-0.2, 0) is 0 Å². The monoisotopic (exact) mass is 194 g/mol. The summed E-state index contributed by atoms with van der Waals surface area (Å²) in [5.74, 6) is 1.18. The van der Waals surface area contributed by atoms with Crippen LogP contribution in [0.1, 0.15) is 5.56 Å². The van der Waals surface area contributed by atoms with Crippen LogP contribution in [0.3, 0.4) is 0 Å². The molecule has 0 aliphatic rings. The van der Waals surface area contributed by atoms with E-state index < -0.39 is 0 Å². The Morgan fingerprint density at radius 2 is 2.21 bits per heavy atom. The molecule has 0 aliphatic carbocycles. The van der Waals surface area contributed by atoms with Crippen molar-refractivity contribution in [3.63, 3.8) is 0 Å². The third-order valence-corrected chi connectivity index (χ3v) is 1.90. The summed E-state index contributed by atoms with van der Waals surface area (Å²) in [6.07, 6.45) is 1.59.